The van der Waals surface area contributed by atoms with Gasteiger partial charge in [-0.05, 0) is 6.07 Å². The Hall–Kier alpha value is -2.23. The fraction of sp³-hybridized carbons (Fsp3) is 0.467. The van der Waals surface area contributed by atoms with Gasteiger partial charge in [0, 0.05) is 18.7 Å². The molecule has 2 rings (SSSR count). The molecule has 1 aliphatic heterocycles. The van der Waals surface area contributed by atoms with Gasteiger partial charge in [-0.2, -0.15) is 18.4 Å². The number of carbonyl (C=O) groups excluding carboxylic acids is 1. The summed E-state index contributed by atoms with van der Waals surface area (Å²) >= 11 is 0. The fourth-order valence-electron chi connectivity index (χ4n) is 2.37. The van der Waals surface area contributed by atoms with Crippen molar-refractivity contribution in [3.8, 4) is 11.8 Å². The third-order valence-corrected chi connectivity index (χ3v) is 3.47. The van der Waals surface area contributed by atoms with Crippen LogP contribution in [0.25, 0.3) is 0 Å². The summed E-state index contributed by atoms with van der Waals surface area (Å²) in [5, 5.41) is 8.61. The standard InChI is InChI=1S/C15H15F3N2O2/c16-15(17,18)6-9-20(8-3-7-19)14(21)12-10-22-13-5-2-1-4-11(12)13/h1-2,4-5,12H,3,6,8-10H2/t12-/m0/s1. The van der Waals surface area contributed by atoms with Crippen LogP contribution in [0.3, 0.4) is 0 Å². The predicted molar refractivity (Wildman–Crippen MR) is 72.2 cm³/mol. The zero-order chi connectivity index (χ0) is 16.2. The number of alkyl halides is 3. The minimum Gasteiger partial charge on any atom is -0.492 e. The topological polar surface area (TPSA) is 53.3 Å². The molecule has 1 heterocycles. The van der Waals surface area contributed by atoms with Crippen LogP contribution >= 0.6 is 0 Å². The van der Waals surface area contributed by atoms with E-state index in [2.05, 4.69) is 0 Å². The molecule has 0 bridgehead atoms. The minimum atomic E-state index is -4.34. The van der Waals surface area contributed by atoms with E-state index in [9.17, 15) is 18.0 Å². The fourth-order valence-corrected chi connectivity index (χ4v) is 2.37. The second-order valence-electron chi connectivity index (χ2n) is 5.00. The molecule has 1 amide bonds. The van der Waals surface area contributed by atoms with Gasteiger partial charge in [-0.15, -0.1) is 0 Å². The smallest absolute Gasteiger partial charge is 0.390 e. The summed E-state index contributed by atoms with van der Waals surface area (Å²) in [6, 6.07) is 8.83. The van der Waals surface area contributed by atoms with Gasteiger partial charge in [0.1, 0.15) is 18.3 Å². The van der Waals surface area contributed by atoms with Crippen LogP contribution in [0.4, 0.5) is 13.2 Å². The molecule has 1 aliphatic rings. The molecule has 118 valence electrons. The molecule has 0 aliphatic carbocycles. The van der Waals surface area contributed by atoms with E-state index in [4.69, 9.17) is 10.00 Å². The molecule has 0 spiro atoms. The van der Waals surface area contributed by atoms with Gasteiger partial charge >= 0.3 is 6.18 Å². The highest BCUT2D eigenvalue weighted by atomic mass is 19.4. The summed E-state index contributed by atoms with van der Waals surface area (Å²) in [4.78, 5) is 13.6. The van der Waals surface area contributed by atoms with Crippen molar-refractivity contribution in [1.82, 2.24) is 4.90 Å². The van der Waals surface area contributed by atoms with Gasteiger partial charge in [0.15, 0.2) is 0 Å². The van der Waals surface area contributed by atoms with Gasteiger partial charge in [0.05, 0.1) is 18.9 Å². The van der Waals surface area contributed by atoms with E-state index in [1.807, 2.05) is 6.07 Å². The lowest BCUT2D eigenvalue weighted by Gasteiger charge is -2.25. The molecule has 0 fully saturated rings. The summed E-state index contributed by atoms with van der Waals surface area (Å²) in [6.07, 6.45) is -5.42. The van der Waals surface area contributed by atoms with Crippen LogP contribution in [0.15, 0.2) is 24.3 Å². The van der Waals surface area contributed by atoms with E-state index in [0.29, 0.717) is 11.3 Å². The first-order valence-corrected chi connectivity index (χ1v) is 6.86. The molecular weight excluding hydrogens is 297 g/mol. The molecule has 7 heteroatoms. The summed E-state index contributed by atoms with van der Waals surface area (Å²) < 4.78 is 42.6. The van der Waals surface area contributed by atoms with Gasteiger partial charge in [-0.1, -0.05) is 18.2 Å². The van der Waals surface area contributed by atoms with E-state index >= 15 is 0 Å². The number of nitrogens with zero attached hydrogens (tertiary/aromatic N) is 2. The van der Waals surface area contributed by atoms with Crippen molar-refractivity contribution in [2.24, 2.45) is 0 Å². The molecule has 0 N–H and O–H groups in total. The predicted octanol–water partition coefficient (Wildman–Crippen LogP) is 2.86. The number of carbonyl (C=O) groups is 1. The molecule has 0 radical (unpaired) electrons. The third-order valence-electron chi connectivity index (χ3n) is 3.47. The van der Waals surface area contributed by atoms with Crippen molar-refractivity contribution in [1.29, 1.82) is 5.26 Å². The van der Waals surface area contributed by atoms with Gasteiger partial charge in [-0.3, -0.25) is 4.79 Å². The van der Waals surface area contributed by atoms with Crippen molar-refractivity contribution >= 4 is 5.91 Å². The molecule has 1 aromatic rings. The number of fused-ring (bicyclic) bond motifs is 1. The molecule has 1 atom stereocenters. The quantitative estimate of drug-likeness (QED) is 0.840. The Morgan fingerprint density at radius 3 is 2.77 bits per heavy atom. The van der Waals surface area contributed by atoms with Crippen LogP contribution in [0.2, 0.25) is 0 Å². The number of amides is 1. The van der Waals surface area contributed by atoms with Crippen LogP contribution in [-0.4, -0.2) is 36.7 Å². The van der Waals surface area contributed by atoms with E-state index < -0.39 is 31.0 Å². The van der Waals surface area contributed by atoms with Crippen molar-refractivity contribution in [3.63, 3.8) is 0 Å². The molecule has 1 aromatic carbocycles. The number of rotatable bonds is 5. The van der Waals surface area contributed by atoms with E-state index in [1.165, 1.54) is 0 Å². The largest absolute Gasteiger partial charge is 0.492 e. The summed E-state index contributed by atoms with van der Waals surface area (Å²) in [7, 11) is 0. The summed E-state index contributed by atoms with van der Waals surface area (Å²) in [5.74, 6) is -0.454. The zero-order valence-electron chi connectivity index (χ0n) is 11.8. The average Bonchev–Trinajstić information content (AvgIpc) is 2.89. The first-order chi connectivity index (χ1) is 10.4. The van der Waals surface area contributed by atoms with Crippen molar-refractivity contribution < 1.29 is 22.7 Å². The first-order valence-electron chi connectivity index (χ1n) is 6.86. The number of nitriles is 1. The second-order valence-corrected chi connectivity index (χ2v) is 5.00. The highest BCUT2D eigenvalue weighted by Gasteiger charge is 2.35. The lowest BCUT2D eigenvalue weighted by atomic mass is 9.99. The number of hydrogen-bond donors (Lipinski definition) is 0. The number of hydrogen-bond acceptors (Lipinski definition) is 3. The molecule has 22 heavy (non-hydrogen) atoms. The molecule has 0 aromatic heterocycles. The van der Waals surface area contributed by atoms with Crippen LogP contribution in [-0.2, 0) is 4.79 Å². The second kappa shape index (κ2) is 6.69. The Labute approximate surface area is 126 Å². The van der Waals surface area contributed by atoms with E-state index in [-0.39, 0.29) is 19.6 Å². The minimum absolute atomic E-state index is 0.00117. The van der Waals surface area contributed by atoms with Crippen LogP contribution in [0.5, 0.6) is 5.75 Å². The van der Waals surface area contributed by atoms with Gasteiger partial charge < -0.3 is 9.64 Å². The average molecular weight is 312 g/mol. The zero-order valence-corrected chi connectivity index (χ0v) is 11.8. The number of halogens is 3. The lowest BCUT2D eigenvalue weighted by Crippen LogP contribution is -2.38. The number of para-hydroxylation sites is 1. The van der Waals surface area contributed by atoms with Crippen molar-refractivity contribution in [3.05, 3.63) is 29.8 Å². The van der Waals surface area contributed by atoms with Crippen LogP contribution in [0.1, 0.15) is 24.3 Å². The Morgan fingerprint density at radius 2 is 2.09 bits per heavy atom. The third kappa shape index (κ3) is 3.91. The summed E-state index contributed by atoms with van der Waals surface area (Å²) in [6.45, 7) is -0.333. The van der Waals surface area contributed by atoms with Crippen molar-refractivity contribution in [2.45, 2.75) is 24.9 Å². The Kier molecular flexibility index (Phi) is 4.91. The monoisotopic (exact) mass is 312 g/mol. The number of ether oxygens (including phenoxy) is 1. The maximum absolute atomic E-state index is 12.5. The van der Waals surface area contributed by atoms with Crippen molar-refractivity contribution in [2.75, 3.05) is 19.7 Å². The Bertz CT molecular complexity index is 581. The maximum Gasteiger partial charge on any atom is 0.390 e. The summed E-state index contributed by atoms with van der Waals surface area (Å²) in [5.41, 5.74) is 0.682. The molecule has 4 nitrogen and oxygen atoms in total. The maximum atomic E-state index is 12.5. The van der Waals surface area contributed by atoms with Gasteiger partial charge in [0.2, 0.25) is 5.91 Å². The van der Waals surface area contributed by atoms with Gasteiger partial charge in [0.25, 0.3) is 0 Å². The van der Waals surface area contributed by atoms with E-state index in [1.54, 1.807) is 24.3 Å². The van der Waals surface area contributed by atoms with Crippen LogP contribution in [0, 0.1) is 11.3 Å². The molecule has 0 unspecified atom stereocenters. The highest BCUT2D eigenvalue weighted by molar-refractivity contribution is 5.85. The normalized spacial score (nSPS) is 16.5. The van der Waals surface area contributed by atoms with E-state index in [0.717, 1.165) is 4.90 Å². The molecular formula is C15H15F3N2O2. The number of benzene rings is 1. The first kappa shape index (κ1) is 16.1. The van der Waals surface area contributed by atoms with Gasteiger partial charge in [-0.25, -0.2) is 0 Å². The SMILES string of the molecule is N#CCCN(CCC(F)(F)F)C(=O)[C@H]1COc2ccccc21. The Balaban J connectivity index is 2.10. The molecule has 0 saturated carbocycles. The Morgan fingerprint density at radius 1 is 1.36 bits per heavy atom. The van der Waals surface area contributed by atoms with Crippen LogP contribution < -0.4 is 4.74 Å². The highest BCUT2D eigenvalue weighted by Crippen LogP contribution is 2.35. The molecule has 0 saturated heterocycles. The lowest BCUT2D eigenvalue weighted by molar-refractivity contribution is -0.146.